The maximum atomic E-state index is 13.8. The summed E-state index contributed by atoms with van der Waals surface area (Å²) in [5.74, 6) is 1.55. The molecule has 12 heteroatoms. The highest BCUT2D eigenvalue weighted by Gasteiger charge is 2.40. The van der Waals surface area contributed by atoms with E-state index in [0.717, 1.165) is 39.0 Å². The van der Waals surface area contributed by atoms with E-state index in [-0.39, 0.29) is 17.8 Å². The second kappa shape index (κ2) is 13.2. The van der Waals surface area contributed by atoms with Crippen molar-refractivity contribution in [2.45, 2.75) is 32.0 Å². The van der Waals surface area contributed by atoms with Gasteiger partial charge in [0, 0.05) is 36.2 Å². The molecule has 2 aliphatic rings. The largest absolute Gasteiger partial charge is 0.437 e. The van der Waals surface area contributed by atoms with Gasteiger partial charge in [0.25, 0.3) is 0 Å². The van der Waals surface area contributed by atoms with Crippen LogP contribution >= 0.6 is 23.2 Å². The third-order valence-electron chi connectivity index (χ3n) is 7.96. The number of aliphatic hydroxyl groups is 1. The number of fused-ring (bicyclic) bond motifs is 1. The maximum absolute atomic E-state index is 13.8. The van der Waals surface area contributed by atoms with E-state index < -0.39 is 17.9 Å². The van der Waals surface area contributed by atoms with E-state index in [2.05, 4.69) is 20.0 Å². The number of rotatable bonds is 6. The van der Waals surface area contributed by atoms with Gasteiger partial charge in [-0.2, -0.15) is 18.3 Å². The first-order valence-electron chi connectivity index (χ1n) is 14.0. The normalized spacial score (nSPS) is 18.8. The van der Waals surface area contributed by atoms with Crippen LogP contribution in [-0.2, 0) is 6.18 Å². The van der Waals surface area contributed by atoms with Crippen molar-refractivity contribution in [1.82, 2.24) is 24.6 Å². The topological polar surface area (TPSA) is 70.3 Å². The first-order valence-corrected chi connectivity index (χ1v) is 14.8. The van der Waals surface area contributed by atoms with Crippen molar-refractivity contribution in [3.05, 3.63) is 82.1 Å². The summed E-state index contributed by atoms with van der Waals surface area (Å²) >= 11 is 12.3. The molecule has 4 aromatic rings. The molecular formula is C30H33Cl2F3N6O. The van der Waals surface area contributed by atoms with E-state index in [4.69, 9.17) is 23.2 Å². The summed E-state index contributed by atoms with van der Waals surface area (Å²) in [4.78, 5) is 13.1. The molecule has 0 saturated carbocycles. The Labute approximate surface area is 252 Å². The van der Waals surface area contributed by atoms with Crippen molar-refractivity contribution in [1.29, 1.82) is 0 Å². The third kappa shape index (κ3) is 6.83. The molecule has 2 atom stereocenters. The number of nitrogens with zero attached hydrogens (tertiary/aromatic N) is 6. The zero-order chi connectivity index (χ0) is 29.9. The molecule has 0 spiro atoms. The second-order valence-electron chi connectivity index (χ2n) is 10.8. The van der Waals surface area contributed by atoms with Crippen molar-refractivity contribution in [3.8, 4) is 0 Å². The van der Waals surface area contributed by atoms with Crippen LogP contribution in [0.25, 0.3) is 11.2 Å². The minimum atomic E-state index is -4.67. The van der Waals surface area contributed by atoms with Crippen molar-refractivity contribution in [3.63, 3.8) is 0 Å². The first kappa shape index (κ1) is 30.5. The Morgan fingerprint density at radius 2 is 1.71 bits per heavy atom. The quantitative estimate of drug-likeness (QED) is 0.262. The number of anilines is 1. The van der Waals surface area contributed by atoms with Crippen LogP contribution in [0.1, 0.15) is 37.1 Å². The number of alkyl halides is 3. The lowest BCUT2D eigenvalue weighted by Crippen LogP contribution is -2.54. The Hall–Kier alpha value is -2.92. The molecule has 2 aliphatic heterocycles. The third-order valence-corrected chi connectivity index (χ3v) is 8.53. The highest BCUT2D eigenvalue weighted by molar-refractivity contribution is 6.35. The minimum absolute atomic E-state index is 0.0635. The number of piperidine rings is 1. The predicted molar refractivity (Wildman–Crippen MR) is 159 cm³/mol. The average Bonchev–Trinajstić information content (AvgIpc) is 3.34. The van der Waals surface area contributed by atoms with Crippen molar-refractivity contribution < 1.29 is 18.3 Å². The summed E-state index contributed by atoms with van der Waals surface area (Å²) in [5, 5.41) is 13.9. The molecule has 0 aliphatic carbocycles. The summed E-state index contributed by atoms with van der Waals surface area (Å²) < 4.78 is 42.6. The van der Waals surface area contributed by atoms with Crippen LogP contribution in [0.3, 0.4) is 0 Å². The molecule has 0 amide bonds. The van der Waals surface area contributed by atoms with Gasteiger partial charge in [-0.3, -0.25) is 0 Å². The molecule has 2 aromatic carbocycles. The Morgan fingerprint density at radius 3 is 2.33 bits per heavy atom. The van der Waals surface area contributed by atoms with Gasteiger partial charge < -0.3 is 14.9 Å². The Morgan fingerprint density at radius 1 is 1.02 bits per heavy atom. The van der Waals surface area contributed by atoms with Gasteiger partial charge in [-0.1, -0.05) is 65.7 Å². The Kier molecular flexibility index (Phi) is 9.57. The van der Waals surface area contributed by atoms with Crippen LogP contribution in [0, 0.1) is 11.8 Å². The number of β-amino-alcohol motifs (C(OH)–C–C–N with tert-alkyl or cyclic N) is 1. The van der Waals surface area contributed by atoms with Crippen LogP contribution in [-0.4, -0.2) is 69.1 Å². The van der Waals surface area contributed by atoms with Crippen LogP contribution in [0.5, 0.6) is 0 Å². The molecule has 0 radical (unpaired) electrons. The Bertz CT molecular complexity index is 1450. The summed E-state index contributed by atoms with van der Waals surface area (Å²) in [5.41, 5.74) is -0.706. The summed E-state index contributed by atoms with van der Waals surface area (Å²) in [7, 11) is 0. The molecule has 2 fully saturated rings. The molecule has 0 bridgehead atoms. The van der Waals surface area contributed by atoms with Crippen LogP contribution in [0.15, 0.2) is 60.8 Å². The van der Waals surface area contributed by atoms with E-state index in [1.807, 2.05) is 41.3 Å². The van der Waals surface area contributed by atoms with Crippen molar-refractivity contribution in [2.24, 2.45) is 11.8 Å². The molecule has 42 heavy (non-hydrogen) atoms. The SMILES string of the molecule is C[C@H](c1ccc(Cl)cc1Cl)n1nc(C(F)(F)F)c2ncc(N3CC([C@H]4CCCN(CCO)C4)C3)nc21.c1ccccc1. The fraction of sp³-hybridized carbons (Fsp3) is 0.433. The van der Waals surface area contributed by atoms with Crippen LogP contribution in [0.4, 0.5) is 19.0 Å². The van der Waals surface area contributed by atoms with Crippen LogP contribution < -0.4 is 4.90 Å². The minimum Gasteiger partial charge on any atom is -0.395 e. The highest BCUT2D eigenvalue weighted by Crippen LogP contribution is 2.38. The first-order chi connectivity index (χ1) is 20.2. The summed E-state index contributed by atoms with van der Waals surface area (Å²) in [6, 6.07) is 16.2. The molecule has 0 unspecified atom stereocenters. The standard InChI is InChI=1S/C24H27Cl2F3N6O.C6H6/c1-14(18-5-4-17(25)9-19(18)26)35-23-21(22(32-35)24(27,28)29)30-10-20(31-23)34-12-16(13-34)15-3-2-6-33(11-15)7-8-36;1-2-4-6-5-3-1/h4-5,9-10,14-16,36H,2-3,6-8,11-13H2,1H3;1-6H/t14-,15+;/m1./s1. The maximum Gasteiger partial charge on any atom is 0.437 e. The van der Waals surface area contributed by atoms with E-state index in [1.165, 1.54) is 10.9 Å². The number of hydrogen-bond acceptors (Lipinski definition) is 6. The Balaban J connectivity index is 0.000000524. The zero-order valence-corrected chi connectivity index (χ0v) is 24.7. The predicted octanol–water partition coefficient (Wildman–Crippen LogP) is 6.59. The lowest BCUT2D eigenvalue weighted by atomic mass is 9.80. The van der Waals surface area contributed by atoms with E-state index in [1.54, 1.807) is 25.1 Å². The fourth-order valence-corrected chi connectivity index (χ4v) is 6.25. The van der Waals surface area contributed by atoms with Crippen molar-refractivity contribution >= 4 is 40.2 Å². The molecule has 224 valence electrons. The van der Waals surface area contributed by atoms with Crippen LogP contribution in [0.2, 0.25) is 10.0 Å². The van der Waals surface area contributed by atoms with Gasteiger partial charge in [-0.25, -0.2) is 14.6 Å². The van der Waals surface area contributed by atoms with Gasteiger partial charge in [0.2, 0.25) is 0 Å². The van der Waals surface area contributed by atoms with Gasteiger partial charge in [-0.15, -0.1) is 0 Å². The smallest absolute Gasteiger partial charge is 0.395 e. The molecule has 4 heterocycles. The lowest BCUT2D eigenvalue weighted by Gasteiger charge is -2.47. The fourth-order valence-electron chi connectivity index (χ4n) is 5.69. The summed E-state index contributed by atoms with van der Waals surface area (Å²) in [6.45, 7) is 6.09. The van der Waals surface area contributed by atoms with E-state index in [0.29, 0.717) is 39.8 Å². The van der Waals surface area contributed by atoms with E-state index >= 15 is 0 Å². The second-order valence-corrected chi connectivity index (χ2v) is 11.6. The lowest BCUT2D eigenvalue weighted by molar-refractivity contribution is -0.140. The number of likely N-dealkylation sites (tertiary alicyclic amines) is 1. The van der Waals surface area contributed by atoms with Gasteiger partial charge in [0.05, 0.1) is 18.8 Å². The average molecular weight is 622 g/mol. The summed E-state index contributed by atoms with van der Waals surface area (Å²) in [6.07, 6.45) is -1.02. The zero-order valence-electron chi connectivity index (χ0n) is 23.2. The number of halogens is 5. The highest BCUT2D eigenvalue weighted by atomic mass is 35.5. The van der Waals surface area contributed by atoms with Gasteiger partial charge in [0.15, 0.2) is 11.3 Å². The molecule has 1 N–H and O–H groups in total. The van der Waals surface area contributed by atoms with Crippen molar-refractivity contribution in [2.75, 3.05) is 44.2 Å². The van der Waals surface area contributed by atoms with Gasteiger partial charge in [0.1, 0.15) is 11.3 Å². The van der Waals surface area contributed by atoms with Gasteiger partial charge >= 0.3 is 6.18 Å². The molecule has 2 saturated heterocycles. The number of aromatic nitrogens is 4. The molecule has 7 nitrogen and oxygen atoms in total. The molecule has 6 rings (SSSR count). The monoisotopic (exact) mass is 620 g/mol. The molecule has 2 aromatic heterocycles. The van der Waals surface area contributed by atoms with Gasteiger partial charge in [-0.05, 0) is 55.8 Å². The number of aliphatic hydroxyl groups excluding tert-OH is 1. The number of hydrogen-bond donors (Lipinski definition) is 1. The van der Waals surface area contributed by atoms with E-state index in [9.17, 15) is 18.3 Å². The number of benzene rings is 2. The molecular weight excluding hydrogens is 588 g/mol.